The molecule has 0 saturated carbocycles. The number of H-pyrrole nitrogens is 1. The molecule has 0 bridgehead atoms. The lowest BCUT2D eigenvalue weighted by Crippen LogP contribution is -2.13. The van der Waals surface area contributed by atoms with Crippen LogP contribution in [0.15, 0.2) is 29.9 Å². The second-order valence-corrected chi connectivity index (χ2v) is 5.24. The van der Waals surface area contributed by atoms with Gasteiger partial charge in [-0.05, 0) is 17.5 Å². The van der Waals surface area contributed by atoms with Crippen LogP contribution in [0, 0.1) is 0 Å². The van der Waals surface area contributed by atoms with Crippen LogP contribution >= 0.6 is 11.3 Å². The lowest BCUT2D eigenvalue weighted by molar-refractivity contribution is -0.133. The molecule has 0 aliphatic carbocycles. The van der Waals surface area contributed by atoms with Gasteiger partial charge in [0, 0.05) is 22.7 Å². The molecule has 0 spiro atoms. The number of carbonyl (C=O) groups excluding carboxylic acids is 1. The summed E-state index contributed by atoms with van der Waals surface area (Å²) in [7, 11) is 0. The summed E-state index contributed by atoms with van der Waals surface area (Å²) in [6.07, 6.45) is -1.61. The van der Waals surface area contributed by atoms with Gasteiger partial charge in [0.05, 0.1) is 11.7 Å². The molecule has 3 heterocycles. The van der Waals surface area contributed by atoms with Gasteiger partial charge in [0.15, 0.2) is 0 Å². The third-order valence-corrected chi connectivity index (χ3v) is 4.00. The Bertz CT molecular complexity index is 835. The van der Waals surface area contributed by atoms with Crippen molar-refractivity contribution in [1.82, 2.24) is 9.97 Å². The van der Waals surface area contributed by atoms with E-state index in [0.29, 0.717) is 22.2 Å². The number of fused-ring (bicyclic) bond motifs is 1. The average molecular weight is 311 g/mol. The molecule has 0 fully saturated rings. The molecule has 1 amide bonds. The zero-order valence-corrected chi connectivity index (χ0v) is 11.2. The number of thiophene rings is 1. The van der Waals surface area contributed by atoms with Crippen LogP contribution in [-0.2, 0) is 6.18 Å². The number of halogens is 3. The number of hydrogen-bond acceptors (Lipinski definition) is 3. The van der Waals surface area contributed by atoms with E-state index in [1.54, 1.807) is 6.07 Å². The summed E-state index contributed by atoms with van der Waals surface area (Å²) in [6, 6.07) is 2.88. The van der Waals surface area contributed by atoms with Crippen LogP contribution in [0.25, 0.3) is 22.0 Å². The van der Waals surface area contributed by atoms with Crippen LogP contribution in [0.2, 0.25) is 0 Å². The molecule has 3 aromatic rings. The van der Waals surface area contributed by atoms with Crippen molar-refractivity contribution < 1.29 is 18.0 Å². The maximum Gasteiger partial charge on any atom is 0.426 e. The molecule has 0 saturated heterocycles. The highest BCUT2D eigenvalue weighted by atomic mass is 32.1. The number of aromatic amines is 1. The number of amides is 1. The fraction of sp³-hybridized carbons (Fsp3) is 0.0769. The molecule has 21 heavy (non-hydrogen) atoms. The Balaban J connectivity index is 2.37. The van der Waals surface area contributed by atoms with E-state index in [-0.39, 0.29) is 16.8 Å². The molecule has 0 aliphatic rings. The maximum absolute atomic E-state index is 13.1. The lowest BCUT2D eigenvalue weighted by atomic mass is 10.0. The first-order valence-corrected chi connectivity index (χ1v) is 6.68. The highest BCUT2D eigenvalue weighted by Gasteiger charge is 2.36. The van der Waals surface area contributed by atoms with Gasteiger partial charge in [-0.1, -0.05) is 0 Å². The summed E-state index contributed by atoms with van der Waals surface area (Å²) < 4.78 is 39.2. The maximum atomic E-state index is 13.1. The van der Waals surface area contributed by atoms with Gasteiger partial charge in [0.25, 0.3) is 5.91 Å². The van der Waals surface area contributed by atoms with Crippen molar-refractivity contribution in [2.75, 3.05) is 0 Å². The fourth-order valence-corrected chi connectivity index (χ4v) is 3.01. The molecule has 3 aromatic heterocycles. The van der Waals surface area contributed by atoms with Crippen LogP contribution in [-0.4, -0.2) is 15.9 Å². The van der Waals surface area contributed by atoms with Crippen molar-refractivity contribution in [1.29, 1.82) is 0 Å². The van der Waals surface area contributed by atoms with Crippen molar-refractivity contribution in [3.63, 3.8) is 0 Å². The van der Waals surface area contributed by atoms with Gasteiger partial charge in [-0.3, -0.25) is 9.78 Å². The van der Waals surface area contributed by atoms with Gasteiger partial charge in [-0.2, -0.15) is 13.2 Å². The van der Waals surface area contributed by atoms with Crippen LogP contribution in [0.4, 0.5) is 13.2 Å². The Kier molecular flexibility index (Phi) is 2.98. The SMILES string of the molecule is NC(=O)c1[nH]c2cnccc2c1-c1ccsc1C(F)(F)F. The van der Waals surface area contributed by atoms with Crippen LogP contribution in [0.1, 0.15) is 15.4 Å². The minimum Gasteiger partial charge on any atom is -0.364 e. The number of pyridine rings is 1. The first kappa shape index (κ1) is 13.6. The summed E-state index contributed by atoms with van der Waals surface area (Å²) in [5.74, 6) is -0.819. The van der Waals surface area contributed by atoms with Gasteiger partial charge in [-0.25, -0.2) is 0 Å². The van der Waals surface area contributed by atoms with Crippen molar-refractivity contribution >= 4 is 28.1 Å². The number of rotatable bonds is 2. The molecule has 0 atom stereocenters. The zero-order valence-electron chi connectivity index (χ0n) is 10.4. The number of nitrogens with zero attached hydrogens (tertiary/aromatic N) is 1. The van der Waals surface area contributed by atoms with E-state index in [0.717, 1.165) is 0 Å². The summed E-state index contributed by atoms with van der Waals surface area (Å²) in [5.41, 5.74) is 5.78. The summed E-state index contributed by atoms with van der Waals surface area (Å²) >= 11 is 0.577. The normalized spacial score (nSPS) is 12.0. The van der Waals surface area contributed by atoms with E-state index >= 15 is 0 Å². The summed E-state index contributed by atoms with van der Waals surface area (Å²) in [6.45, 7) is 0. The zero-order chi connectivity index (χ0) is 15.2. The lowest BCUT2D eigenvalue weighted by Gasteiger charge is -2.08. The largest absolute Gasteiger partial charge is 0.426 e. The van der Waals surface area contributed by atoms with Gasteiger partial charge in [0.1, 0.15) is 10.6 Å². The first-order valence-electron chi connectivity index (χ1n) is 5.80. The number of aromatic nitrogens is 2. The minimum absolute atomic E-state index is 0.0538. The Morgan fingerprint density at radius 1 is 1.33 bits per heavy atom. The Labute approximate surface area is 120 Å². The monoisotopic (exact) mass is 311 g/mol. The second kappa shape index (κ2) is 4.59. The smallest absolute Gasteiger partial charge is 0.364 e. The van der Waals surface area contributed by atoms with E-state index in [1.165, 1.54) is 23.8 Å². The van der Waals surface area contributed by atoms with Gasteiger partial charge in [-0.15, -0.1) is 11.3 Å². The van der Waals surface area contributed by atoms with Crippen LogP contribution in [0.5, 0.6) is 0 Å². The number of alkyl halides is 3. The molecular formula is C13H8F3N3OS. The third-order valence-electron chi connectivity index (χ3n) is 3.04. The predicted octanol–water partition coefficient (Wildman–Crippen LogP) is 3.41. The summed E-state index contributed by atoms with van der Waals surface area (Å²) in [4.78, 5) is 17.4. The second-order valence-electron chi connectivity index (χ2n) is 4.32. The first-order chi connectivity index (χ1) is 9.89. The number of nitrogens with two attached hydrogens (primary N) is 1. The van der Waals surface area contributed by atoms with E-state index in [4.69, 9.17) is 5.73 Å². The molecule has 0 unspecified atom stereocenters. The molecule has 3 rings (SSSR count). The molecule has 0 aromatic carbocycles. The Morgan fingerprint density at radius 3 is 2.76 bits per heavy atom. The molecule has 0 aliphatic heterocycles. The van der Waals surface area contributed by atoms with E-state index < -0.39 is 17.0 Å². The minimum atomic E-state index is -4.49. The van der Waals surface area contributed by atoms with E-state index in [2.05, 4.69) is 9.97 Å². The standard InChI is InChI=1S/C13H8F3N3OS/c14-13(15,16)11-7(2-4-21-11)9-6-1-3-18-5-8(6)19-10(9)12(17)20/h1-5,19H,(H2,17,20). The predicted molar refractivity (Wildman–Crippen MR) is 72.9 cm³/mol. The number of carbonyl (C=O) groups is 1. The van der Waals surface area contributed by atoms with Crippen LogP contribution in [0.3, 0.4) is 0 Å². The molecule has 3 N–H and O–H groups in total. The third kappa shape index (κ3) is 2.17. The van der Waals surface area contributed by atoms with Gasteiger partial charge >= 0.3 is 6.18 Å². The van der Waals surface area contributed by atoms with E-state index in [1.807, 2.05) is 0 Å². The van der Waals surface area contributed by atoms with Gasteiger partial charge in [0.2, 0.25) is 0 Å². The molecule has 108 valence electrons. The highest BCUT2D eigenvalue weighted by molar-refractivity contribution is 7.10. The molecule has 8 heteroatoms. The topological polar surface area (TPSA) is 71.8 Å². The van der Waals surface area contributed by atoms with Gasteiger partial charge < -0.3 is 10.7 Å². The number of hydrogen-bond donors (Lipinski definition) is 2. The molecule has 4 nitrogen and oxygen atoms in total. The van der Waals surface area contributed by atoms with E-state index in [9.17, 15) is 18.0 Å². The quantitative estimate of drug-likeness (QED) is 0.761. The number of primary amides is 1. The Morgan fingerprint density at radius 2 is 2.10 bits per heavy atom. The van der Waals surface area contributed by atoms with Crippen molar-refractivity contribution in [2.45, 2.75) is 6.18 Å². The van der Waals surface area contributed by atoms with Crippen molar-refractivity contribution in [3.05, 3.63) is 40.5 Å². The average Bonchev–Trinajstić information content (AvgIpc) is 3.01. The van der Waals surface area contributed by atoms with Crippen molar-refractivity contribution in [2.24, 2.45) is 5.73 Å². The fourth-order valence-electron chi connectivity index (χ4n) is 2.23. The van der Waals surface area contributed by atoms with Crippen LogP contribution < -0.4 is 5.73 Å². The Hall–Kier alpha value is -2.35. The number of nitrogens with one attached hydrogen (secondary N) is 1. The molecule has 0 radical (unpaired) electrons. The molecular weight excluding hydrogens is 303 g/mol. The highest BCUT2D eigenvalue weighted by Crippen LogP contribution is 2.43. The van der Waals surface area contributed by atoms with Crippen molar-refractivity contribution in [3.8, 4) is 11.1 Å². The summed E-state index contributed by atoms with van der Waals surface area (Å²) in [5, 5.41) is 1.81.